The first kappa shape index (κ1) is 9.98. The van der Waals surface area contributed by atoms with E-state index in [2.05, 4.69) is 25.9 Å². The summed E-state index contributed by atoms with van der Waals surface area (Å²) in [4.78, 5) is 7.68. The normalized spacial score (nSPS) is 9.15. The van der Waals surface area contributed by atoms with Crippen molar-refractivity contribution in [2.75, 3.05) is 0 Å². The zero-order chi connectivity index (χ0) is 9.68. The van der Waals surface area contributed by atoms with Gasteiger partial charge in [-0.3, -0.25) is 0 Å². The second kappa shape index (κ2) is 4.81. The number of aromatic nitrogens is 4. The minimum atomic E-state index is 0.868. The van der Waals surface area contributed by atoms with Crippen molar-refractivity contribution in [3.05, 3.63) is 35.8 Å². The zero-order valence-electron chi connectivity index (χ0n) is 7.55. The number of hydrogen-bond donors (Lipinski definition) is 0. The number of aryl methyl sites for hydroxylation is 2. The summed E-state index contributed by atoms with van der Waals surface area (Å²) in [6.45, 7) is 0. The van der Waals surface area contributed by atoms with Crippen molar-refractivity contribution in [2.45, 2.75) is 0 Å². The Morgan fingerprint density at radius 3 is 2.15 bits per heavy atom. The predicted molar refractivity (Wildman–Crippen MR) is 54.1 cm³/mol. The van der Waals surface area contributed by atoms with Gasteiger partial charge in [0.05, 0.1) is 6.33 Å². The SMILES string of the molecule is Cn1ccnc1.Cn1ccnc1Br. The summed E-state index contributed by atoms with van der Waals surface area (Å²) < 4.78 is 4.65. The van der Waals surface area contributed by atoms with Gasteiger partial charge in [-0.15, -0.1) is 0 Å². The maximum Gasteiger partial charge on any atom is 0.176 e. The van der Waals surface area contributed by atoms with Crippen LogP contribution in [0.15, 0.2) is 35.8 Å². The van der Waals surface area contributed by atoms with Gasteiger partial charge in [0.2, 0.25) is 0 Å². The van der Waals surface area contributed by atoms with Crippen LogP contribution >= 0.6 is 15.9 Å². The van der Waals surface area contributed by atoms with Crippen LogP contribution in [0.4, 0.5) is 0 Å². The van der Waals surface area contributed by atoms with Gasteiger partial charge in [-0.1, -0.05) is 0 Å². The van der Waals surface area contributed by atoms with Gasteiger partial charge in [0, 0.05) is 38.9 Å². The summed E-state index contributed by atoms with van der Waals surface area (Å²) in [6.07, 6.45) is 9.01. The highest BCUT2D eigenvalue weighted by Gasteiger charge is 1.86. The number of hydrogen-bond acceptors (Lipinski definition) is 2. The molecule has 0 atom stereocenters. The van der Waals surface area contributed by atoms with Gasteiger partial charge in [0.25, 0.3) is 0 Å². The molecule has 0 unspecified atom stereocenters. The maximum absolute atomic E-state index is 3.90. The molecule has 0 radical (unpaired) electrons. The summed E-state index contributed by atoms with van der Waals surface area (Å²) in [5.74, 6) is 0. The van der Waals surface area contributed by atoms with E-state index in [4.69, 9.17) is 0 Å². The molecule has 2 heterocycles. The van der Waals surface area contributed by atoms with E-state index in [0.717, 1.165) is 4.73 Å². The van der Waals surface area contributed by atoms with Crippen LogP contribution in [-0.4, -0.2) is 19.1 Å². The highest BCUT2D eigenvalue weighted by atomic mass is 79.9. The van der Waals surface area contributed by atoms with E-state index in [1.807, 2.05) is 35.6 Å². The van der Waals surface area contributed by atoms with Crippen molar-refractivity contribution < 1.29 is 0 Å². The molecule has 5 heteroatoms. The summed E-state index contributed by atoms with van der Waals surface area (Å²) in [6, 6.07) is 0. The Hall–Kier alpha value is -1.10. The quantitative estimate of drug-likeness (QED) is 0.704. The molecule has 0 N–H and O–H groups in total. The molecule has 0 amide bonds. The lowest BCUT2D eigenvalue weighted by atomic mass is 10.9. The fourth-order valence-corrected chi connectivity index (χ4v) is 0.910. The van der Waals surface area contributed by atoms with E-state index in [-0.39, 0.29) is 0 Å². The fraction of sp³-hybridized carbons (Fsp3) is 0.250. The Morgan fingerprint density at radius 2 is 2.00 bits per heavy atom. The number of rotatable bonds is 0. The molecule has 0 bridgehead atoms. The highest BCUT2D eigenvalue weighted by molar-refractivity contribution is 9.10. The topological polar surface area (TPSA) is 35.6 Å². The van der Waals surface area contributed by atoms with Crippen LogP contribution in [0.3, 0.4) is 0 Å². The monoisotopic (exact) mass is 242 g/mol. The van der Waals surface area contributed by atoms with Gasteiger partial charge in [-0.25, -0.2) is 9.97 Å². The van der Waals surface area contributed by atoms with Gasteiger partial charge >= 0.3 is 0 Å². The first-order chi connectivity index (χ1) is 6.20. The average Bonchev–Trinajstić information content (AvgIpc) is 2.67. The highest BCUT2D eigenvalue weighted by Crippen LogP contribution is 2.01. The second-order valence-electron chi connectivity index (χ2n) is 2.54. The van der Waals surface area contributed by atoms with E-state index in [0.29, 0.717) is 0 Å². The second-order valence-corrected chi connectivity index (χ2v) is 3.24. The average molecular weight is 243 g/mol. The Labute approximate surface area is 85.4 Å². The Bertz CT molecular complexity index is 322. The molecule has 0 saturated heterocycles. The molecule has 0 spiro atoms. The molecule has 0 aliphatic rings. The predicted octanol–water partition coefficient (Wildman–Crippen LogP) is 1.60. The minimum Gasteiger partial charge on any atom is -0.341 e. The van der Waals surface area contributed by atoms with Crippen molar-refractivity contribution in [3.63, 3.8) is 0 Å². The fourth-order valence-electron chi connectivity index (χ4n) is 0.673. The largest absolute Gasteiger partial charge is 0.341 e. The Kier molecular flexibility index (Phi) is 3.70. The van der Waals surface area contributed by atoms with Gasteiger partial charge < -0.3 is 9.13 Å². The summed E-state index contributed by atoms with van der Waals surface area (Å²) >= 11 is 3.22. The minimum absolute atomic E-state index is 0.868. The Balaban J connectivity index is 0.000000132. The van der Waals surface area contributed by atoms with Crippen LogP contribution in [0.1, 0.15) is 0 Å². The lowest BCUT2D eigenvalue weighted by Crippen LogP contribution is -1.82. The van der Waals surface area contributed by atoms with Crippen LogP contribution in [0, 0.1) is 0 Å². The maximum atomic E-state index is 3.90. The lowest BCUT2D eigenvalue weighted by Gasteiger charge is -1.85. The van der Waals surface area contributed by atoms with E-state index >= 15 is 0 Å². The summed E-state index contributed by atoms with van der Waals surface area (Å²) in [5.41, 5.74) is 0. The number of nitrogens with zero attached hydrogens (tertiary/aromatic N) is 4. The third-order valence-corrected chi connectivity index (χ3v) is 2.16. The van der Waals surface area contributed by atoms with Crippen LogP contribution < -0.4 is 0 Å². The zero-order valence-corrected chi connectivity index (χ0v) is 9.14. The molecular weight excluding hydrogens is 232 g/mol. The smallest absolute Gasteiger partial charge is 0.176 e. The molecule has 0 aromatic carbocycles. The van der Waals surface area contributed by atoms with E-state index in [1.165, 1.54) is 0 Å². The molecule has 0 aliphatic heterocycles. The molecule has 0 aliphatic carbocycles. The first-order valence-corrected chi connectivity index (χ1v) is 4.54. The van der Waals surface area contributed by atoms with E-state index in [9.17, 15) is 0 Å². The van der Waals surface area contributed by atoms with Gasteiger partial charge in [-0.2, -0.15) is 0 Å². The third-order valence-electron chi connectivity index (χ3n) is 1.40. The van der Waals surface area contributed by atoms with Crippen molar-refractivity contribution in [3.8, 4) is 0 Å². The summed E-state index contributed by atoms with van der Waals surface area (Å²) in [5, 5.41) is 0. The standard InChI is InChI=1S/C4H5BrN2.C4H6N2/c1-7-3-2-6-4(7)5;1-6-3-2-5-4-6/h2-3H,1H3;2-4H,1H3. The molecule has 0 fully saturated rings. The molecule has 70 valence electrons. The van der Waals surface area contributed by atoms with Crippen molar-refractivity contribution in [1.82, 2.24) is 19.1 Å². The van der Waals surface area contributed by atoms with Gasteiger partial charge in [-0.05, 0) is 15.9 Å². The van der Waals surface area contributed by atoms with Crippen LogP contribution in [0.5, 0.6) is 0 Å². The van der Waals surface area contributed by atoms with Crippen molar-refractivity contribution >= 4 is 15.9 Å². The van der Waals surface area contributed by atoms with Crippen molar-refractivity contribution in [1.29, 1.82) is 0 Å². The van der Waals surface area contributed by atoms with E-state index < -0.39 is 0 Å². The number of halogens is 1. The van der Waals surface area contributed by atoms with Gasteiger partial charge in [0.15, 0.2) is 4.73 Å². The molecule has 13 heavy (non-hydrogen) atoms. The molecule has 0 saturated carbocycles. The number of imidazole rings is 2. The van der Waals surface area contributed by atoms with Crippen molar-refractivity contribution in [2.24, 2.45) is 14.1 Å². The third kappa shape index (κ3) is 3.42. The molecule has 2 aromatic heterocycles. The van der Waals surface area contributed by atoms with Crippen LogP contribution in [-0.2, 0) is 14.1 Å². The van der Waals surface area contributed by atoms with Gasteiger partial charge in [0.1, 0.15) is 0 Å². The Morgan fingerprint density at radius 1 is 1.23 bits per heavy atom. The van der Waals surface area contributed by atoms with E-state index in [1.54, 1.807) is 18.7 Å². The van der Waals surface area contributed by atoms with Crippen LogP contribution in [0.2, 0.25) is 0 Å². The lowest BCUT2D eigenvalue weighted by molar-refractivity contribution is 0.881. The molecule has 4 nitrogen and oxygen atoms in total. The summed E-state index contributed by atoms with van der Waals surface area (Å²) in [7, 11) is 3.87. The molecular formula is C8H11BrN4. The van der Waals surface area contributed by atoms with Crippen LogP contribution in [0.25, 0.3) is 0 Å². The first-order valence-electron chi connectivity index (χ1n) is 3.75. The molecule has 2 rings (SSSR count). The molecule has 2 aromatic rings.